The van der Waals surface area contributed by atoms with Crippen molar-refractivity contribution in [2.75, 3.05) is 0 Å². The van der Waals surface area contributed by atoms with E-state index >= 15 is 0 Å². The van der Waals surface area contributed by atoms with E-state index in [9.17, 15) is 0 Å². The van der Waals surface area contributed by atoms with Gasteiger partial charge in [-0.25, -0.2) is 0 Å². The molecule has 2 rings (SSSR count). The van der Waals surface area contributed by atoms with Crippen LogP contribution in [0, 0.1) is 0 Å². The summed E-state index contributed by atoms with van der Waals surface area (Å²) >= 11 is 0. The van der Waals surface area contributed by atoms with E-state index in [1.165, 1.54) is 10.8 Å². The van der Waals surface area contributed by atoms with Crippen LogP contribution in [-0.4, -0.2) is 14.1 Å². The third-order valence-corrected chi connectivity index (χ3v) is 5.63. The molecule has 2 nitrogen and oxygen atoms in total. The van der Waals surface area contributed by atoms with Gasteiger partial charge in [-0.2, -0.15) is 0 Å². The highest BCUT2D eigenvalue weighted by Gasteiger charge is 2.15. The van der Waals surface area contributed by atoms with Crippen molar-refractivity contribution in [1.82, 2.24) is 5.32 Å². The average Bonchev–Trinajstić information content (AvgIpc) is 2.88. The van der Waals surface area contributed by atoms with Crippen LogP contribution in [0.5, 0.6) is 0 Å². The summed E-state index contributed by atoms with van der Waals surface area (Å²) in [6.07, 6.45) is 2.66. The smallest absolute Gasteiger partial charge is 0.105 e. The fourth-order valence-electron chi connectivity index (χ4n) is 2.22. The minimum Gasteiger partial charge on any atom is -0.469 e. The Morgan fingerprint density at radius 2 is 1.80 bits per heavy atom. The number of furan rings is 1. The minimum absolute atomic E-state index is 0.415. The van der Waals surface area contributed by atoms with Crippen LogP contribution in [-0.2, 0) is 13.0 Å². The molecule has 2 aromatic rings. The van der Waals surface area contributed by atoms with Gasteiger partial charge in [-0.15, -0.1) is 0 Å². The van der Waals surface area contributed by atoms with Gasteiger partial charge in [0.05, 0.1) is 14.3 Å². The molecule has 0 aliphatic carbocycles. The van der Waals surface area contributed by atoms with E-state index in [0.29, 0.717) is 6.04 Å². The fourth-order valence-corrected chi connectivity index (χ4v) is 3.38. The Morgan fingerprint density at radius 1 is 1.10 bits per heavy atom. The average molecular weight is 287 g/mol. The number of hydrogen-bond acceptors (Lipinski definition) is 2. The fraction of sp³-hybridized carbons (Fsp3) is 0.412. The first-order valence-electron chi connectivity index (χ1n) is 7.30. The van der Waals surface area contributed by atoms with Crippen LogP contribution in [0.4, 0.5) is 0 Å². The van der Waals surface area contributed by atoms with Crippen molar-refractivity contribution < 1.29 is 4.42 Å². The monoisotopic (exact) mass is 287 g/mol. The zero-order chi connectivity index (χ0) is 14.6. The molecular weight excluding hydrogens is 262 g/mol. The second-order valence-electron chi connectivity index (χ2n) is 6.51. The Bertz CT molecular complexity index is 511. The molecule has 0 spiro atoms. The highest BCUT2D eigenvalue weighted by molar-refractivity contribution is 6.88. The first kappa shape index (κ1) is 15.1. The summed E-state index contributed by atoms with van der Waals surface area (Å²) in [6.45, 7) is 10.2. The largest absolute Gasteiger partial charge is 0.469 e. The maximum absolute atomic E-state index is 5.37. The molecular formula is C17H25NOSi. The minimum atomic E-state index is -1.18. The predicted octanol–water partition coefficient (Wildman–Crippen LogP) is 3.55. The summed E-state index contributed by atoms with van der Waals surface area (Å²) in [5, 5.41) is 5.07. The van der Waals surface area contributed by atoms with Crippen LogP contribution >= 0.6 is 0 Å². The molecule has 0 aliphatic heterocycles. The van der Waals surface area contributed by atoms with E-state index in [0.717, 1.165) is 18.7 Å². The molecule has 20 heavy (non-hydrogen) atoms. The molecule has 1 unspecified atom stereocenters. The Hall–Kier alpha value is -1.32. The lowest BCUT2D eigenvalue weighted by atomic mass is 10.1. The lowest BCUT2D eigenvalue weighted by Crippen LogP contribution is -2.37. The van der Waals surface area contributed by atoms with Crippen molar-refractivity contribution in [2.45, 2.75) is 45.6 Å². The van der Waals surface area contributed by atoms with Gasteiger partial charge in [0.1, 0.15) is 5.76 Å². The normalized spacial score (nSPS) is 13.4. The van der Waals surface area contributed by atoms with Crippen molar-refractivity contribution in [3.05, 3.63) is 54.0 Å². The van der Waals surface area contributed by atoms with Crippen LogP contribution in [0.3, 0.4) is 0 Å². The topological polar surface area (TPSA) is 25.2 Å². The zero-order valence-electron chi connectivity index (χ0n) is 12.9. The number of hydrogen-bond donors (Lipinski definition) is 1. The molecule has 3 heteroatoms. The van der Waals surface area contributed by atoms with E-state index in [-0.39, 0.29) is 0 Å². The van der Waals surface area contributed by atoms with Gasteiger partial charge >= 0.3 is 0 Å². The summed E-state index contributed by atoms with van der Waals surface area (Å²) < 4.78 is 5.37. The maximum atomic E-state index is 5.37. The molecule has 0 bridgehead atoms. The molecule has 0 radical (unpaired) electrons. The second-order valence-corrected chi connectivity index (χ2v) is 11.6. The molecule has 0 saturated carbocycles. The molecule has 1 heterocycles. The lowest BCUT2D eigenvalue weighted by Gasteiger charge is -2.17. The molecule has 1 aromatic carbocycles. The molecule has 0 aliphatic rings. The Balaban J connectivity index is 1.84. The summed E-state index contributed by atoms with van der Waals surface area (Å²) in [5.74, 6) is 1.04. The quantitative estimate of drug-likeness (QED) is 0.822. The van der Waals surface area contributed by atoms with Gasteiger partial charge in [0, 0.05) is 19.0 Å². The zero-order valence-corrected chi connectivity index (χ0v) is 13.9. The second kappa shape index (κ2) is 6.42. The van der Waals surface area contributed by atoms with Crippen molar-refractivity contribution in [3.8, 4) is 0 Å². The van der Waals surface area contributed by atoms with Gasteiger partial charge in [-0.3, -0.25) is 0 Å². The van der Waals surface area contributed by atoms with Gasteiger partial charge in [-0.05, 0) is 24.6 Å². The summed E-state index contributed by atoms with van der Waals surface area (Å²) in [7, 11) is -1.18. The van der Waals surface area contributed by atoms with E-state index in [4.69, 9.17) is 4.42 Å². The van der Waals surface area contributed by atoms with Crippen LogP contribution in [0.15, 0.2) is 47.1 Å². The molecule has 1 atom stereocenters. The van der Waals surface area contributed by atoms with Crippen LogP contribution in [0.2, 0.25) is 19.6 Å². The number of benzene rings is 1. The third kappa shape index (κ3) is 4.36. The Morgan fingerprint density at radius 3 is 2.35 bits per heavy atom. The molecule has 1 aromatic heterocycles. The number of rotatable bonds is 6. The van der Waals surface area contributed by atoms with Gasteiger partial charge < -0.3 is 9.73 Å². The first-order valence-corrected chi connectivity index (χ1v) is 10.8. The van der Waals surface area contributed by atoms with E-state index in [1.54, 1.807) is 6.26 Å². The van der Waals surface area contributed by atoms with Crippen molar-refractivity contribution in [1.29, 1.82) is 0 Å². The SMILES string of the molecule is CC(Cc1ccco1)NCc1ccc([Si](C)(C)C)cc1. The summed E-state index contributed by atoms with van der Waals surface area (Å²) in [4.78, 5) is 0. The molecule has 0 fully saturated rings. The van der Waals surface area contributed by atoms with Crippen molar-refractivity contribution in [2.24, 2.45) is 0 Å². The molecule has 1 N–H and O–H groups in total. The van der Waals surface area contributed by atoms with E-state index < -0.39 is 8.07 Å². The number of nitrogens with one attached hydrogen (secondary N) is 1. The Labute approximate surface area is 123 Å². The van der Waals surface area contributed by atoms with Gasteiger partial charge in [-0.1, -0.05) is 49.1 Å². The molecule has 108 valence electrons. The van der Waals surface area contributed by atoms with Crippen LogP contribution < -0.4 is 10.5 Å². The van der Waals surface area contributed by atoms with Gasteiger partial charge in [0.2, 0.25) is 0 Å². The molecule has 0 amide bonds. The third-order valence-electron chi connectivity index (χ3n) is 3.56. The standard InChI is InChI=1S/C17H25NOSi/c1-14(12-16-6-5-11-19-16)18-13-15-7-9-17(10-8-15)20(2,3)4/h5-11,14,18H,12-13H2,1-4H3. The summed E-state index contributed by atoms with van der Waals surface area (Å²) in [5.41, 5.74) is 1.35. The molecule has 0 saturated heterocycles. The van der Waals surface area contributed by atoms with Gasteiger partial charge in [0.25, 0.3) is 0 Å². The van der Waals surface area contributed by atoms with Crippen molar-refractivity contribution >= 4 is 13.3 Å². The van der Waals surface area contributed by atoms with E-state index in [1.807, 2.05) is 12.1 Å². The van der Waals surface area contributed by atoms with E-state index in [2.05, 4.69) is 56.1 Å². The maximum Gasteiger partial charge on any atom is 0.105 e. The van der Waals surface area contributed by atoms with Crippen molar-refractivity contribution in [3.63, 3.8) is 0 Å². The highest BCUT2D eigenvalue weighted by atomic mass is 28.3. The first-order chi connectivity index (χ1) is 9.45. The lowest BCUT2D eigenvalue weighted by molar-refractivity contribution is 0.456. The van der Waals surface area contributed by atoms with Gasteiger partial charge in [0.15, 0.2) is 0 Å². The summed E-state index contributed by atoms with van der Waals surface area (Å²) in [6, 6.07) is 13.5. The predicted molar refractivity (Wildman–Crippen MR) is 88.1 cm³/mol. The van der Waals surface area contributed by atoms with Crippen LogP contribution in [0.25, 0.3) is 0 Å². The van der Waals surface area contributed by atoms with Crippen LogP contribution in [0.1, 0.15) is 18.2 Å². The highest BCUT2D eigenvalue weighted by Crippen LogP contribution is 2.07. The Kier molecular flexibility index (Phi) is 4.84.